The molecule has 1 amide bonds. The molecular weight excluding hydrogens is 394 g/mol. The van der Waals surface area contributed by atoms with Gasteiger partial charge < -0.3 is 10.4 Å². The van der Waals surface area contributed by atoms with Crippen LogP contribution in [0.3, 0.4) is 0 Å². The molecule has 0 aliphatic carbocycles. The monoisotopic (exact) mass is 413 g/mol. The number of nitrogens with one attached hydrogen (secondary N) is 2. The lowest BCUT2D eigenvalue weighted by Gasteiger charge is -2.36. The Labute approximate surface area is 162 Å². The maximum absolute atomic E-state index is 12.8. The van der Waals surface area contributed by atoms with Crippen molar-refractivity contribution in [2.24, 2.45) is 7.05 Å². The summed E-state index contributed by atoms with van der Waals surface area (Å²) in [6, 6.07) is 2.66. The van der Waals surface area contributed by atoms with Crippen LogP contribution in [0.5, 0.6) is 5.75 Å². The predicted octanol–water partition coefficient (Wildman–Crippen LogP) is 1.31. The summed E-state index contributed by atoms with van der Waals surface area (Å²) in [5.74, 6) is -0.724. The van der Waals surface area contributed by atoms with Gasteiger partial charge in [0.25, 0.3) is 10.2 Å². The number of halogens is 1. The van der Waals surface area contributed by atoms with Crippen LogP contribution < -0.4 is 10.0 Å². The van der Waals surface area contributed by atoms with Crippen LogP contribution in [0.4, 0.5) is 5.69 Å². The molecule has 27 heavy (non-hydrogen) atoms. The van der Waals surface area contributed by atoms with E-state index in [9.17, 15) is 18.3 Å². The fourth-order valence-electron chi connectivity index (χ4n) is 3.10. The van der Waals surface area contributed by atoms with Crippen molar-refractivity contribution in [3.05, 3.63) is 40.7 Å². The molecule has 3 N–H and O–H groups in total. The minimum absolute atomic E-state index is 0.117. The number of hydrogen-bond acceptors (Lipinski definition) is 5. The van der Waals surface area contributed by atoms with E-state index in [0.717, 1.165) is 4.31 Å². The van der Waals surface area contributed by atoms with Gasteiger partial charge in [0, 0.05) is 30.9 Å². The summed E-state index contributed by atoms with van der Waals surface area (Å²) in [7, 11) is -0.802. The van der Waals surface area contributed by atoms with E-state index < -0.39 is 28.2 Å². The minimum Gasteiger partial charge on any atom is -0.506 e. The number of amides is 1. The largest absolute Gasteiger partial charge is 0.506 e. The zero-order valence-corrected chi connectivity index (χ0v) is 16.5. The Kier molecular flexibility index (Phi) is 5.17. The maximum Gasteiger partial charge on any atom is 0.280 e. The quantitative estimate of drug-likeness (QED) is 0.656. The molecule has 146 valence electrons. The fourth-order valence-corrected chi connectivity index (χ4v) is 4.54. The third kappa shape index (κ3) is 3.93. The first-order valence-electron chi connectivity index (χ1n) is 8.13. The molecule has 11 heteroatoms. The van der Waals surface area contributed by atoms with Crippen molar-refractivity contribution in [3.63, 3.8) is 0 Å². The van der Waals surface area contributed by atoms with Crippen molar-refractivity contribution >= 4 is 33.4 Å². The Morgan fingerprint density at radius 2 is 2.11 bits per heavy atom. The molecule has 1 aliphatic heterocycles. The highest BCUT2D eigenvalue weighted by Gasteiger charge is 2.41. The number of aromatic hydroxyl groups is 1. The van der Waals surface area contributed by atoms with Crippen molar-refractivity contribution in [3.8, 4) is 5.75 Å². The Balaban J connectivity index is 1.89. The lowest BCUT2D eigenvalue weighted by Crippen LogP contribution is -2.56. The van der Waals surface area contributed by atoms with Crippen LogP contribution in [0.2, 0.25) is 5.02 Å². The third-order valence-corrected chi connectivity index (χ3v) is 6.34. The van der Waals surface area contributed by atoms with E-state index in [1.54, 1.807) is 24.9 Å². The summed E-state index contributed by atoms with van der Waals surface area (Å²) in [5.41, 5.74) is 1.50. The van der Waals surface area contributed by atoms with Gasteiger partial charge in [0.05, 0.1) is 17.4 Å². The van der Waals surface area contributed by atoms with Crippen molar-refractivity contribution in [1.82, 2.24) is 18.8 Å². The summed E-state index contributed by atoms with van der Waals surface area (Å²) < 4.78 is 30.2. The molecule has 2 heterocycles. The SMILES string of the molecule is Cc1nn(C)cc1[C@H]1C[C@@H](C(=O)Nc2cc(Cl)ccc2O)N(C)S(=O)(=O)N1. The number of likely N-dealkylation sites (N-methyl/N-ethyl adjacent to an activating group) is 1. The van der Waals surface area contributed by atoms with Gasteiger partial charge in [-0.1, -0.05) is 11.6 Å². The van der Waals surface area contributed by atoms with Crippen LogP contribution >= 0.6 is 11.6 Å². The fraction of sp³-hybridized carbons (Fsp3) is 0.375. The number of hydrogen-bond donors (Lipinski definition) is 3. The van der Waals surface area contributed by atoms with Crippen molar-refractivity contribution < 1.29 is 18.3 Å². The van der Waals surface area contributed by atoms with Gasteiger partial charge in [-0.05, 0) is 31.5 Å². The first-order chi connectivity index (χ1) is 12.6. The van der Waals surface area contributed by atoms with E-state index in [0.29, 0.717) is 16.3 Å². The van der Waals surface area contributed by atoms with E-state index in [1.165, 1.54) is 25.2 Å². The second-order valence-electron chi connectivity index (χ2n) is 6.44. The molecule has 1 aliphatic rings. The molecule has 9 nitrogen and oxygen atoms in total. The average Bonchev–Trinajstić information content (AvgIpc) is 2.91. The number of rotatable bonds is 3. The van der Waals surface area contributed by atoms with Crippen LogP contribution in [0, 0.1) is 6.92 Å². The van der Waals surface area contributed by atoms with Gasteiger partial charge in [-0.3, -0.25) is 9.48 Å². The number of benzene rings is 1. The normalized spacial score (nSPS) is 22.5. The number of aryl methyl sites for hydroxylation is 2. The van der Waals surface area contributed by atoms with E-state index in [1.807, 2.05) is 0 Å². The molecule has 0 spiro atoms. The van der Waals surface area contributed by atoms with Gasteiger partial charge in [0.1, 0.15) is 11.8 Å². The van der Waals surface area contributed by atoms with Gasteiger partial charge >= 0.3 is 0 Å². The number of nitrogens with zero attached hydrogens (tertiary/aromatic N) is 3. The molecule has 1 fully saturated rings. The highest BCUT2D eigenvalue weighted by molar-refractivity contribution is 7.87. The number of phenols is 1. The average molecular weight is 414 g/mol. The number of aromatic nitrogens is 2. The van der Waals surface area contributed by atoms with Crippen LogP contribution in [0.1, 0.15) is 23.7 Å². The van der Waals surface area contributed by atoms with Crippen LogP contribution in [0.15, 0.2) is 24.4 Å². The zero-order chi connectivity index (χ0) is 19.9. The smallest absolute Gasteiger partial charge is 0.280 e. The number of carbonyl (C=O) groups is 1. The minimum atomic E-state index is -3.87. The third-order valence-electron chi connectivity index (χ3n) is 4.51. The molecule has 2 aromatic rings. The molecule has 1 aromatic heterocycles. The molecule has 0 unspecified atom stereocenters. The first kappa shape index (κ1) is 19.6. The molecule has 1 saturated heterocycles. The van der Waals surface area contributed by atoms with Gasteiger partial charge in [-0.15, -0.1) is 0 Å². The van der Waals surface area contributed by atoms with Crippen LogP contribution in [-0.2, 0) is 22.1 Å². The summed E-state index contributed by atoms with van der Waals surface area (Å²) in [6.07, 6.45) is 1.93. The molecule has 0 radical (unpaired) electrons. The summed E-state index contributed by atoms with van der Waals surface area (Å²) in [4.78, 5) is 12.8. The standard InChI is InChI=1S/C16H20ClN5O4S/c1-9-11(8-21(2)19-9)12-7-14(22(3)27(25,26)20-12)16(24)18-13-6-10(17)4-5-15(13)23/h4-6,8,12,14,20,23H,7H2,1-3H3,(H,18,24)/t12-,14+/m1/s1. The summed E-state index contributed by atoms with van der Waals surface area (Å²) in [6.45, 7) is 1.78. The Bertz CT molecular complexity index is 991. The van der Waals surface area contributed by atoms with Gasteiger partial charge in [0.15, 0.2) is 0 Å². The number of carbonyl (C=O) groups excluding carboxylic acids is 1. The Hall–Kier alpha value is -2.14. The number of anilines is 1. The molecular formula is C16H20ClN5O4S. The highest BCUT2D eigenvalue weighted by Crippen LogP contribution is 2.31. The topological polar surface area (TPSA) is 117 Å². The second-order valence-corrected chi connectivity index (χ2v) is 8.64. The zero-order valence-electron chi connectivity index (χ0n) is 15.0. The predicted molar refractivity (Wildman–Crippen MR) is 101 cm³/mol. The number of phenolic OH excluding ortho intramolecular Hbond substituents is 1. The van der Waals surface area contributed by atoms with Gasteiger partial charge in [0.2, 0.25) is 5.91 Å². The Morgan fingerprint density at radius 1 is 1.41 bits per heavy atom. The first-order valence-corrected chi connectivity index (χ1v) is 9.95. The van der Waals surface area contributed by atoms with Crippen molar-refractivity contribution in [2.45, 2.75) is 25.4 Å². The Morgan fingerprint density at radius 3 is 2.74 bits per heavy atom. The van der Waals surface area contributed by atoms with E-state index >= 15 is 0 Å². The second kappa shape index (κ2) is 7.12. The van der Waals surface area contributed by atoms with Gasteiger partial charge in [-0.2, -0.15) is 22.5 Å². The molecule has 0 bridgehead atoms. The molecule has 0 saturated carbocycles. The van der Waals surface area contributed by atoms with Crippen molar-refractivity contribution in [1.29, 1.82) is 0 Å². The van der Waals surface area contributed by atoms with Crippen molar-refractivity contribution in [2.75, 3.05) is 12.4 Å². The maximum atomic E-state index is 12.8. The highest BCUT2D eigenvalue weighted by atomic mass is 35.5. The lowest BCUT2D eigenvalue weighted by molar-refractivity contribution is -0.120. The lowest BCUT2D eigenvalue weighted by atomic mass is 10.00. The van der Waals surface area contributed by atoms with E-state index in [4.69, 9.17) is 11.6 Å². The summed E-state index contributed by atoms with van der Waals surface area (Å²) >= 11 is 5.90. The van der Waals surface area contributed by atoms with Gasteiger partial charge in [-0.25, -0.2) is 0 Å². The molecule has 1 aromatic carbocycles. The molecule has 3 rings (SSSR count). The van der Waals surface area contributed by atoms with Crippen LogP contribution in [-0.4, -0.2) is 46.6 Å². The van der Waals surface area contributed by atoms with E-state index in [-0.39, 0.29) is 17.9 Å². The molecule has 2 atom stereocenters. The van der Waals surface area contributed by atoms with E-state index in [2.05, 4.69) is 15.1 Å². The summed E-state index contributed by atoms with van der Waals surface area (Å²) in [5, 5.41) is 17.0. The van der Waals surface area contributed by atoms with Crippen LogP contribution in [0.25, 0.3) is 0 Å².